The summed E-state index contributed by atoms with van der Waals surface area (Å²) in [6.07, 6.45) is -0.588. The van der Waals surface area contributed by atoms with Crippen molar-refractivity contribution in [2.24, 2.45) is 5.92 Å². The third kappa shape index (κ3) is 1.12. The molecule has 14 heavy (non-hydrogen) atoms. The Kier molecular flexibility index (Phi) is 2.10. The van der Waals surface area contributed by atoms with Gasteiger partial charge in [-0.15, -0.1) is 11.8 Å². The van der Waals surface area contributed by atoms with Crippen molar-refractivity contribution >= 4 is 17.7 Å². The molecule has 0 spiro atoms. The summed E-state index contributed by atoms with van der Waals surface area (Å²) < 4.78 is -0.317. The number of aliphatic carboxylic acids is 1. The molecule has 2 fully saturated rings. The summed E-state index contributed by atoms with van der Waals surface area (Å²) in [5.74, 6) is -0.667. The van der Waals surface area contributed by atoms with Gasteiger partial charge in [-0.1, -0.05) is 6.92 Å². The van der Waals surface area contributed by atoms with Crippen LogP contribution < -0.4 is 0 Å². The number of carboxylic acids is 1. The lowest BCUT2D eigenvalue weighted by molar-refractivity contribution is -0.176. The van der Waals surface area contributed by atoms with E-state index >= 15 is 0 Å². The lowest BCUT2D eigenvalue weighted by Gasteiger charge is -2.47. The number of fused-ring (bicyclic) bond motifs is 1. The van der Waals surface area contributed by atoms with Crippen LogP contribution in [0.5, 0.6) is 0 Å². The molecule has 0 aromatic carbocycles. The number of rotatable bonds is 1. The second kappa shape index (κ2) is 2.87. The summed E-state index contributed by atoms with van der Waals surface area (Å²) in [6.45, 7) is 5.81. The highest BCUT2D eigenvalue weighted by Crippen LogP contribution is 2.54. The van der Waals surface area contributed by atoms with Gasteiger partial charge in [-0.25, -0.2) is 0 Å². The van der Waals surface area contributed by atoms with Gasteiger partial charge < -0.3 is 10.2 Å². The highest BCUT2D eigenvalue weighted by molar-refractivity contribution is 8.01. The molecule has 80 valence electrons. The monoisotopic (exact) mass is 217 g/mol. The van der Waals surface area contributed by atoms with E-state index in [1.807, 2.05) is 20.8 Å². The predicted octanol–water partition coefficient (Wildman–Crippen LogP) is 0.561. The fourth-order valence-corrected chi connectivity index (χ4v) is 4.06. The molecule has 2 heterocycles. The minimum absolute atomic E-state index is 0.168. The molecular weight excluding hydrogens is 202 g/mol. The molecule has 2 aliphatic rings. The summed E-state index contributed by atoms with van der Waals surface area (Å²) in [5.41, 5.74) is 0. The molecule has 0 amide bonds. The van der Waals surface area contributed by atoms with Crippen LogP contribution in [0.3, 0.4) is 0 Å². The number of hydrogen-bond acceptors (Lipinski definition) is 4. The Labute approximate surface area is 87.3 Å². The van der Waals surface area contributed by atoms with Crippen LogP contribution >= 0.6 is 11.8 Å². The Bertz CT molecular complexity index is 281. The Hall–Kier alpha value is -0.260. The van der Waals surface area contributed by atoms with Gasteiger partial charge in [0.15, 0.2) is 0 Å². The average molecular weight is 217 g/mol. The van der Waals surface area contributed by atoms with E-state index < -0.39 is 18.2 Å². The van der Waals surface area contributed by atoms with Crippen molar-refractivity contribution in [2.75, 3.05) is 0 Å². The van der Waals surface area contributed by atoms with Gasteiger partial charge in [-0.2, -0.15) is 0 Å². The van der Waals surface area contributed by atoms with E-state index in [4.69, 9.17) is 5.11 Å². The minimum Gasteiger partial charge on any atom is -0.480 e. The largest absolute Gasteiger partial charge is 0.480 e. The number of aliphatic hydroxyl groups is 1. The van der Waals surface area contributed by atoms with Crippen LogP contribution in [0.1, 0.15) is 20.8 Å². The molecule has 2 N–H and O–H groups in total. The van der Waals surface area contributed by atoms with Crippen molar-refractivity contribution in [3.8, 4) is 0 Å². The maximum Gasteiger partial charge on any atom is 0.322 e. The van der Waals surface area contributed by atoms with Crippen molar-refractivity contribution in [3.63, 3.8) is 0 Å². The molecule has 0 bridgehead atoms. The number of carboxylic acid groups (broad SMARTS) is 1. The maximum atomic E-state index is 11.1. The van der Waals surface area contributed by atoms with Crippen LogP contribution in [0.15, 0.2) is 0 Å². The smallest absolute Gasteiger partial charge is 0.322 e. The van der Waals surface area contributed by atoms with Gasteiger partial charge in [0.25, 0.3) is 0 Å². The third-order valence-corrected chi connectivity index (χ3v) is 4.88. The van der Waals surface area contributed by atoms with Crippen LogP contribution in [0, 0.1) is 5.92 Å². The van der Waals surface area contributed by atoms with E-state index in [2.05, 4.69) is 0 Å². The topological polar surface area (TPSA) is 60.8 Å². The van der Waals surface area contributed by atoms with Crippen LogP contribution in [-0.4, -0.2) is 43.5 Å². The fraction of sp³-hybridized carbons (Fsp3) is 0.889. The van der Waals surface area contributed by atoms with E-state index in [0.29, 0.717) is 0 Å². The summed E-state index contributed by atoms with van der Waals surface area (Å²) in [7, 11) is 0. The first-order valence-corrected chi connectivity index (χ1v) is 5.60. The summed E-state index contributed by atoms with van der Waals surface area (Å²) in [4.78, 5) is 12.8. The van der Waals surface area contributed by atoms with Gasteiger partial charge in [0.05, 0.1) is 5.37 Å². The minimum atomic E-state index is -0.837. The van der Waals surface area contributed by atoms with Crippen LogP contribution in [0.25, 0.3) is 0 Å². The van der Waals surface area contributed by atoms with E-state index in [9.17, 15) is 9.90 Å². The quantitative estimate of drug-likeness (QED) is 0.672. The number of hydrogen-bond donors (Lipinski definition) is 2. The van der Waals surface area contributed by atoms with E-state index in [-0.39, 0.29) is 16.0 Å². The molecular formula is C9H15NO3S. The average Bonchev–Trinajstić information content (AvgIpc) is 2.34. The Morgan fingerprint density at radius 3 is 2.57 bits per heavy atom. The van der Waals surface area contributed by atoms with Gasteiger partial charge >= 0.3 is 5.97 Å². The zero-order valence-electron chi connectivity index (χ0n) is 8.47. The van der Waals surface area contributed by atoms with Crippen LogP contribution in [0.4, 0.5) is 0 Å². The van der Waals surface area contributed by atoms with Crippen LogP contribution in [0.2, 0.25) is 0 Å². The lowest BCUT2D eigenvalue weighted by atomic mass is 9.92. The highest BCUT2D eigenvalue weighted by Gasteiger charge is 2.62. The first kappa shape index (κ1) is 10.3. The molecule has 0 saturated carbocycles. The molecule has 3 unspecified atom stereocenters. The maximum absolute atomic E-state index is 11.1. The molecule has 0 aliphatic carbocycles. The van der Waals surface area contributed by atoms with Gasteiger partial charge in [0.1, 0.15) is 12.3 Å². The third-order valence-electron chi connectivity index (χ3n) is 3.13. The highest BCUT2D eigenvalue weighted by atomic mass is 32.2. The summed E-state index contributed by atoms with van der Waals surface area (Å²) in [5, 5.41) is 19.0. The first-order valence-electron chi connectivity index (χ1n) is 4.72. The SMILES string of the molecule is C[C@@H]1C(O)N2C1SC(C)(C)C2C(=O)O. The summed E-state index contributed by atoms with van der Waals surface area (Å²) in [6, 6.07) is -0.566. The van der Waals surface area contributed by atoms with Crippen molar-refractivity contribution in [3.05, 3.63) is 0 Å². The van der Waals surface area contributed by atoms with Crippen molar-refractivity contribution in [1.82, 2.24) is 4.90 Å². The van der Waals surface area contributed by atoms with Gasteiger partial charge in [0.2, 0.25) is 0 Å². The lowest BCUT2D eigenvalue weighted by Crippen LogP contribution is -2.64. The number of aliphatic hydroxyl groups excluding tert-OH is 1. The molecule has 5 heteroatoms. The van der Waals surface area contributed by atoms with Gasteiger partial charge in [-0.05, 0) is 13.8 Å². The van der Waals surface area contributed by atoms with E-state index in [1.165, 1.54) is 0 Å². The molecule has 4 nitrogen and oxygen atoms in total. The molecule has 2 aliphatic heterocycles. The molecule has 2 rings (SSSR count). The van der Waals surface area contributed by atoms with Crippen molar-refractivity contribution in [2.45, 2.75) is 43.2 Å². The Morgan fingerprint density at radius 2 is 2.07 bits per heavy atom. The standard InChI is InChI=1S/C9H15NO3S/c1-4-6(11)10-5(8(12)13)9(2,3)14-7(4)10/h4-7,11H,1-3H3,(H,12,13)/t4-,5?,6?,7?/m1/s1. The molecule has 0 radical (unpaired) electrons. The fourth-order valence-electron chi connectivity index (χ4n) is 2.37. The summed E-state index contributed by atoms with van der Waals surface area (Å²) >= 11 is 1.65. The van der Waals surface area contributed by atoms with Gasteiger partial charge in [0, 0.05) is 10.7 Å². The number of thioether (sulfide) groups is 1. The zero-order valence-corrected chi connectivity index (χ0v) is 9.28. The molecule has 0 aromatic heterocycles. The van der Waals surface area contributed by atoms with E-state index in [1.54, 1.807) is 16.7 Å². The predicted molar refractivity (Wildman–Crippen MR) is 53.9 cm³/mol. The second-order valence-corrected chi connectivity index (χ2v) is 6.34. The zero-order chi connectivity index (χ0) is 10.7. The molecule has 0 aromatic rings. The Morgan fingerprint density at radius 1 is 1.50 bits per heavy atom. The second-order valence-electron chi connectivity index (χ2n) is 4.57. The first-order chi connectivity index (χ1) is 6.36. The molecule has 2 saturated heterocycles. The van der Waals surface area contributed by atoms with Crippen LogP contribution in [-0.2, 0) is 4.79 Å². The number of nitrogens with zero attached hydrogens (tertiary/aromatic N) is 1. The molecule has 4 atom stereocenters. The normalized spacial score (nSPS) is 45.7. The Balaban J connectivity index is 2.27. The van der Waals surface area contributed by atoms with Gasteiger partial charge in [-0.3, -0.25) is 9.69 Å². The number of carbonyl (C=O) groups is 1. The van der Waals surface area contributed by atoms with Crippen molar-refractivity contribution < 1.29 is 15.0 Å². The van der Waals surface area contributed by atoms with E-state index in [0.717, 1.165) is 0 Å². The van der Waals surface area contributed by atoms with Crippen molar-refractivity contribution in [1.29, 1.82) is 0 Å².